The van der Waals surface area contributed by atoms with Crippen molar-refractivity contribution in [3.8, 4) is 0 Å². The highest BCUT2D eigenvalue weighted by Gasteiger charge is 2.16. The molecule has 0 saturated carbocycles. The molecule has 3 rings (SSSR count). The minimum atomic E-state index is 0.508. The van der Waals surface area contributed by atoms with Gasteiger partial charge in [0.05, 0.1) is 39.6 Å². The SMILES string of the molecule is [CH](CN1CCOCC1)C(CCCN1CCOCC1)NCCCN1CCOCC1. The molecule has 0 aliphatic carbocycles. The second-order valence-corrected chi connectivity index (χ2v) is 8.11. The van der Waals surface area contributed by atoms with E-state index >= 15 is 0 Å². The van der Waals surface area contributed by atoms with E-state index in [-0.39, 0.29) is 0 Å². The minimum Gasteiger partial charge on any atom is -0.379 e. The highest BCUT2D eigenvalue weighted by Crippen LogP contribution is 2.08. The fourth-order valence-electron chi connectivity index (χ4n) is 4.14. The Hall–Kier alpha value is -0.280. The maximum absolute atomic E-state index is 5.48. The second kappa shape index (κ2) is 13.9. The van der Waals surface area contributed by atoms with Crippen LogP contribution in [-0.2, 0) is 14.2 Å². The first-order valence-corrected chi connectivity index (χ1v) is 11.4. The van der Waals surface area contributed by atoms with Crippen LogP contribution < -0.4 is 5.32 Å². The van der Waals surface area contributed by atoms with Gasteiger partial charge in [0.2, 0.25) is 0 Å². The average molecular weight is 398 g/mol. The molecule has 0 amide bonds. The van der Waals surface area contributed by atoms with Gasteiger partial charge in [0.15, 0.2) is 0 Å². The smallest absolute Gasteiger partial charge is 0.0594 e. The summed E-state index contributed by atoms with van der Waals surface area (Å²) in [4.78, 5) is 7.57. The van der Waals surface area contributed by atoms with Crippen molar-refractivity contribution < 1.29 is 14.2 Å². The molecule has 7 heteroatoms. The van der Waals surface area contributed by atoms with E-state index < -0.39 is 0 Å². The second-order valence-electron chi connectivity index (χ2n) is 8.11. The van der Waals surface area contributed by atoms with Gasteiger partial charge in [-0.2, -0.15) is 0 Å². The molecule has 28 heavy (non-hydrogen) atoms. The zero-order valence-corrected chi connectivity index (χ0v) is 17.7. The average Bonchev–Trinajstić information content (AvgIpc) is 2.76. The van der Waals surface area contributed by atoms with Crippen molar-refractivity contribution in [1.29, 1.82) is 0 Å². The first-order chi connectivity index (χ1) is 13.9. The van der Waals surface area contributed by atoms with Crippen molar-refractivity contribution in [2.24, 2.45) is 0 Å². The Morgan fingerprint density at radius 2 is 1.18 bits per heavy atom. The molecule has 1 radical (unpaired) electrons. The van der Waals surface area contributed by atoms with E-state index in [1.165, 1.54) is 32.4 Å². The summed E-state index contributed by atoms with van der Waals surface area (Å²) >= 11 is 0. The molecular formula is C21H41N4O3. The first-order valence-electron chi connectivity index (χ1n) is 11.4. The maximum atomic E-state index is 5.48. The fraction of sp³-hybridized carbons (Fsp3) is 0.952. The zero-order valence-electron chi connectivity index (χ0n) is 17.7. The predicted molar refractivity (Wildman–Crippen MR) is 112 cm³/mol. The summed E-state index contributed by atoms with van der Waals surface area (Å²) < 4.78 is 16.4. The summed E-state index contributed by atoms with van der Waals surface area (Å²) in [6.07, 6.45) is 6.19. The third-order valence-corrected chi connectivity index (χ3v) is 6.01. The minimum absolute atomic E-state index is 0.508. The van der Waals surface area contributed by atoms with Crippen molar-refractivity contribution >= 4 is 0 Å². The van der Waals surface area contributed by atoms with Crippen LogP contribution in [0.2, 0.25) is 0 Å². The summed E-state index contributed by atoms with van der Waals surface area (Å²) in [5.74, 6) is 0. The molecule has 7 nitrogen and oxygen atoms in total. The maximum Gasteiger partial charge on any atom is 0.0594 e. The van der Waals surface area contributed by atoms with Gasteiger partial charge in [-0.05, 0) is 45.3 Å². The highest BCUT2D eigenvalue weighted by atomic mass is 16.5. The summed E-state index contributed by atoms with van der Waals surface area (Å²) in [5, 5.41) is 3.82. The van der Waals surface area contributed by atoms with Gasteiger partial charge in [-0.3, -0.25) is 14.7 Å². The third kappa shape index (κ3) is 9.03. The van der Waals surface area contributed by atoms with Crippen LogP contribution >= 0.6 is 0 Å². The highest BCUT2D eigenvalue weighted by molar-refractivity contribution is 4.87. The van der Waals surface area contributed by atoms with Gasteiger partial charge in [0.25, 0.3) is 0 Å². The number of nitrogens with one attached hydrogen (secondary N) is 1. The van der Waals surface area contributed by atoms with Gasteiger partial charge in [-0.25, -0.2) is 0 Å². The number of hydrogen-bond acceptors (Lipinski definition) is 7. The Morgan fingerprint density at radius 3 is 1.75 bits per heavy atom. The first kappa shape index (κ1) is 22.4. The van der Waals surface area contributed by atoms with Crippen LogP contribution in [0.15, 0.2) is 0 Å². The number of hydrogen-bond donors (Lipinski definition) is 1. The quantitative estimate of drug-likeness (QED) is 0.476. The Labute approximate surface area is 171 Å². The predicted octanol–water partition coefficient (Wildman–Crippen LogP) is 0.316. The Kier molecular flexibility index (Phi) is 11.1. The molecule has 0 aromatic carbocycles. The van der Waals surface area contributed by atoms with Crippen molar-refractivity contribution in [1.82, 2.24) is 20.0 Å². The summed E-state index contributed by atoms with van der Waals surface area (Å²) in [6.45, 7) is 16.4. The topological polar surface area (TPSA) is 49.4 Å². The van der Waals surface area contributed by atoms with Crippen molar-refractivity contribution in [2.45, 2.75) is 25.3 Å². The van der Waals surface area contributed by atoms with Crippen molar-refractivity contribution in [3.05, 3.63) is 6.42 Å². The normalized spacial score (nSPS) is 24.4. The van der Waals surface area contributed by atoms with E-state index in [0.717, 1.165) is 92.0 Å². The van der Waals surface area contributed by atoms with Crippen molar-refractivity contribution in [3.63, 3.8) is 0 Å². The third-order valence-electron chi connectivity index (χ3n) is 6.01. The molecule has 0 aromatic heterocycles. The molecule has 1 atom stereocenters. The van der Waals surface area contributed by atoms with E-state index in [1.54, 1.807) is 0 Å². The van der Waals surface area contributed by atoms with Gasteiger partial charge in [0, 0.05) is 51.9 Å². The molecule has 163 valence electrons. The van der Waals surface area contributed by atoms with E-state index in [1.807, 2.05) is 0 Å². The van der Waals surface area contributed by atoms with Crippen LogP contribution in [0.5, 0.6) is 0 Å². The Bertz CT molecular complexity index is 384. The lowest BCUT2D eigenvalue weighted by atomic mass is 10.1. The summed E-state index contributed by atoms with van der Waals surface area (Å²) in [7, 11) is 0. The molecule has 0 aromatic rings. The molecule has 3 aliphatic rings. The lowest BCUT2D eigenvalue weighted by molar-refractivity contribution is 0.0360. The van der Waals surface area contributed by atoms with Crippen LogP contribution in [0.1, 0.15) is 19.3 Å². The largest absolute Gasteiger partial charge is 0.379 e. The van der Waals surface area contributed by atoms with Gasteiger partial charge in [-0.1, -0.05) is 0 Å². The van der Waals surface area contributed by atoms with Crippen LogP contribution in [0.4, 0.5) is 0 Å². The lowest BCUT2D eigenvalue weighted by Crippen LogP contribution is -2.42. The van der Waals surface area contributed by atoms with E-state index in [2.05, 4.69) is 26.4 Å². The zero-order chi connectivity index (χ0) is 19.3. The van der Waals surface area contributed by atoms with Crippen LogP contribution in [-0.4, -0.2) is 126 Å². The van der Waals surface area contributed by atoms with Crippen LogP contribution in [0.25, 0.3) is 0 Å². The van der Waals surface area contributed by atoms with Gasteiger partial charge in [-0.15, -0.1) is 0 Å². The van der Waals surface area contributed by atoms with Crippen LogP contribution in [0, 0.1) is 6.42 Å². The summed E-state index contributed by atoms with van der Waals surface area (Å²) in [5.41, 5.74) is 0. The van der Waals surface area contributed by atoms with E-state index in [0.29, 0.717) is 6.04 Å². The Balaban J connectivity index is 1.32. The van der Waals surface area contributed by atoms with Crippen LogP contribution in [0.3, 0.4) is 0 Å². The molecular weight excluding hydrogens is 356 g/mol. The number of nitrogens with zero attached hydrogens (tertiary/aromatic N) is 3. The molecule has 3 saturated heterocycles. The lowest BCUT2D eigenvalue weighted by Gasteiger charge is -2.30. The molecule has 1 unspecified atom stereocenters. The number of morpholine rings is 3. The van der Waals surface area contributed by atoms with Gasteiger partial charge >= 0.3 is 0 Å². The molecule has 3 heterocycles. The number of ether oxygens (including phenoxy) is 3. The fourth-order valence-corrected chi connectivity index (χ4v) is 4.14. The van der Waals surface area contributed by atoms with Gasteiger partial charge < -0.3 is 19.5 Å². The summed E-state index contributed by atoms with van der Waals surface area (Å²) in [6, 6.07) is 0.508. The molecule has 3 fully saturated rings. The van der Waals surface area contributed by atoms with Gasteiger partial charge in [0.1, 0.15) is 0 Å². The molecule has 0 bridgehead atoms. The molecule has 1 N–H and O–H groups in total. The van der Waals surface area contributed by atoms with E-state index in [9.17, 15) is 0 Å². The van der Waals surface area contributed by atoms with Crippen molar-refractivity contribution in [2.75, 3.05) is 105 Å². The number of rotatable bonds is 12. The molecule has 0 spiro atoms. The van der Waals surface area contributed by atoms with E-state index in [4.69, 9.17) is 14.2 Å². The molecule has 3 aliphatic heterocycles. The monoisotopic (exact) mass is 397 g/mol. The standard InChI is InChI=1S/C21H41N4O3/c1(6-23-9-15-26-16-10-23)3-21(4-8-25-13-19-28-20-14-25)22-5-2-7-24-11-17-27-18-12-24/h4,21-22H,1-3,5-20H2. The Morgan fingerprint density at radius 1 is 0.679 bits per heavy atom.